The van der Waals surface area contributed by atoms with E-state index in [9.17, 15) is 0 Å². The molecule has 0 rings (SSSR count). The molecule has 0 bridgehead atoms. The van der Waals surface area contributed by atoms with Crippen molar-refractivity contribution in [3.8, 4) is 0 Å². The average molecular weight is 359 g/mol. The summed E-state index contributed by atoms with van der Waals surface area (Å²) in [5.41, 5.74) is 0. The highest BCUT2D eigenvalue weighted by Crippen LogP contribution is 2.13. The molecule has 0 fully saturated rings. The summed E-state index contributed by atoms with van der Waals surface area (Å²) in [6.07, 6.45) is 20.3. The van der Waals surface area contributed by atoms with Gasteiger partial charge in [0.2, 0.25) is 0 Å². The highest BCUT2D eigenvalue weighted by molar-refractivity contribution is 6.64. The van der Waals surface area contributed by atoms with Gasteiger partial charge in [0.05, 0.1) is 0 Å². The van der Waals surface area contributed by atoms with E-state index in [2.05, 4.69) is 26.9 Å². The molecule has 3 heteroatoms. The standard InChI is InChI=1S/C21H46O2Si/c1-5-7-9-11-13-14-15-17-19-21-23-24(3,4)22-20-18-16-12-10-8-6-2/h5-21H2,1-4H3. The molecule has 0 aliphatic rings. The predicted octanol–water partition coefficient (Wildman–Crippen LogP) is 7.61. The molecule has 0 amide bonds. The fourth-order valence-electron chi connectivity index (χ4n) is 2.97. The lowest BCUT2D eigenvalue weighted by Crippen LogP contribution is -2.35. The molecule has 0 spiro atoms. The van der Waals surface area contributed by atoms with Crippen LogP contribution in [0.5, 0.6) is 0 Å². The van der Waals surface area contributed by atoms with Crippen LogP contribution < -0.4 is 0 Å². The van der Waals surface area contributed by atoms with E-state index in [1.807, 2.05) is 0 Å². The van der Waals surface area contributed by atoms with E-state index >= 15 is 0 Å². The van der Waals surface area contributed by atoms with Gasteiger partial charge in [0.15, 0.2) is 0 Å². The molecule has 24 heavy (non-hydrogen) atoms. The van der Waals surface area contributed by atoms with Crippen molar-refractivity contribution in [1.82, 2.24) is 0 Å². The van der Waals surface area contributed by atoms with Crippen molar-refractivity contribution >= 4 is 8.56 Å². The topological polar surface area (TPSA) is 18.5 Å². The summed E-state index contributed by atoms with van der Waals surface area (Å²) in [5, 5.41) is 0. The van der Waals surface area contributed by atoms with Crippen LogP contribution >= 0.6 is 0 Å². The fraction of sp³-hybridized carbons (Fsp3) is 1.00. The molecule has 0 aromatic rings. The van der Waals surface area contributed by atoms with Crippen LogP contribution in [0.25, 0.3) is 0 Å². The second-order valence-corrected chi connectivity index (χ2v) is 11.1. The SMILES string of the molecule is CCCCCCCCCCCO[Si](C)(C)OCCCCCCCC. The van der Waals surface area contributed by atoms with Gasteiger partial charge >= 0.3 is 8.56 Å². The Kier molecular flexibility index (Phi) is 18.0. The van der Waals surface area contributed by atoms with E-state index in [0.717, 1.165) is 13.2 Å². The van der Waals surface area contributed by atoms with Gasteiger partial charge in [0, 0.05) is 13.2 Å². The first-order chi connectivity index (χ1) is 11.6. The molecule has 0 aromatic heterocycles. The van der Waals surface area contributed by atoms with Crippen molar-refractivity contribution in [3.63, 3.8) is 0 Å². The van der Waals surface area contributed by atoms with Crippen LogP contribution in [-0.2, 0) is 8.85 Å². The Morgan fingerprint density at radius 1 is 0.458 bits per heavy atom. The monoisotopic (exact) mass is 358 g/mol. The van der Waals surface area contributed by atoms with Gasteiger partial charge in [0.25, 0.3) is 0 Å². The average Bonchev–Trinajstić information content (AvgIpc) is 2.55. The van der Waals surface area contributed by atoms with E-state index < -0.39 is 8.56 Å². The normalized spacial score (nSPS) is 12.0. The van der Waals surface area contributed by atoms with Crippen LogP contribution in [0.2, 0.25) is 13.1 Å². The van der Waals surface area contributed by atoms with Crippen molar-refractivity contribution in [2.45, 2.75) is 123 Å². The van der Waals surface area contributed by atoms with Gasteiger partial charge in [0.1, 0.15) is 0 Å². The van der Waals surface area contributed by atoms with Crippen LogP contribution in [0.15, 0.2) is 0 Å². The van der Waals surface area contributed by atoms with Crippen molar-refractivity contribution < 1.29 is 8.85 Å². The minimum atomic E-state index is -1.87. The van der Waals surface area contributed by atoms with Gasteiger partial charge in [-0.2, -0.15) is 0 Å². The number of unbranched alkanes of at least 4 members (excludes halogenated alkanes) is 13. The van der Waals surface area contributed by atoms with Gasteiger partial charge in [-0.1, -0.05) is 97.3 Å². The van der Waals surface area contributed by atoms with E-state index in [4.69, 9.17) is 8.85 Å². The third-order valence-electron chi connectivity index (χ3n) is 4.65. The minimum Gasteiger partial charge on any atom is -0.395 e. The third kappa shape index (κ3) is 18.5. The second kappa shape index (κ2) is 17.9. The van der Waals surface area contributed by atoms with Crippen molar-refractivity contribution in [1.29, 1.82) is 0 Å². The van der Waals surface area contributed by atoms with Gasteiger partial charge in [-0.15, -0.1) is 0 Å². The first kappa shape index (κ1) is 24.1. The Hall–Kier alpha value is 0.137. The highest BCUT2D eigenvalue weighted by atomic mass is 28.4. The van der Waals surface area contributed by atoms with Gasteiger partial charge in [-0.05, 0) is 25.9 Å². The molecule has 0 aliphatic heterocycles. The van der Waals surface area contributed by atoms with Crippen LogP contribution in [-0.4, -0.2) is 21.8 Å². The Bertz CT molecular complexity index is 244. The summed E-state index contributed by atoms with van der Waals surface area (Å²) in [5.74, 6) is 0. The maximum atomic E-state index is 6.05. The van der Waals surface area contributed by atoms with E-state index in [-0.39, 0.29) is 0 Å². The molecule has 2 nitrogen and oxygen atoms in total. The maximum absolute atomic E-state index is 6.05. The Morgan fingerprint density at radius 2 is 0.750 bits per heavy atom. The lowest BCUT2D eigenvalue weighted by atomic mass is 10.1. The summed E-state index contributed by atoms with van der Waals surface area (Å²) in [7, 11) is -1.87. The molecular formula is C21H46O2Si. The van der Waals surface area contributed by atoms with E-state index in [0.29, 0.717) is 0 Å². The van der Waals surface area contributed by atoms with Crippen LogP contribution in [0, 0.1) is 0 Å². The highest BCUT2D eigenvalue weighted by Gasteiger charge is 2.23. The largest absolute Gasteiger partial charge is 0.395 e. The predicted molar refractivity (Wildman–Crippen MR) is 110 cm³/mol. The second-order valence-electron chi connectivity index (χ2n) is 7.69. The Balaban J connectivity index is 3.31. The molecular weight excluding hydrogens is 312 g/mol. The molecule has 146 valence electrons. The van der Waals surface area contributed by atoms with Crippen molar-refractivity contribution in [3.05, 3.63) is 0 Å². The Labute approximate surface area is 154 Å². The van der Waals surface area contributed by atoms with E-state index in [1.54, 1.807) is 0 Å². The molecule has 0 unspecified atom stereocenters. The fourth-order valence-corrected chi connectivity index (χ4v) is 4.33. The zero-order valence-corrected chi connectivity index (χ0v) is 18.3. The molecule has 0 heterocycles. The van der Waals surface area contributed by atoms with Crippen LogP contribution in [0.1, 0.15) is 110 Å². The van der Waals surface area contributed by atoms with Crippen LogP contribution in [0.3, 0.4) is 0 Å². The zero-order valence-electron chi connectivity index (χ0n) is 17.3. The lowest BCUT2D eigenvalue weighted by molar-refractivity contribution is 0.172. The quantitative estimate of drug-likeness (QED) is 0.175. The summed E-state index contributed by atoms with van der Waals surface area (Å²) in [6, 6.07) is 0. The molecule has 0 N–H and O–H groups in total. The van der Waals surface area contributed by atoms with Gasteiger partial charge < -0.3 is 8.85 Å². The third-order valence-corrected chi connectivity index (χ3v) is 6.44. The Morgan fingerprint density at radius 3 is 1.08 bits per heavy atom. The summed E-state index contributed by atoms with van der Waals surface area (Å²) in [4.78, 5) is 0. The molecule has 0 saturated carbocycles. The summed E-state index contributed by atoms with van der Waals surface area (Å²) < 4.78 is 12.1. The smallest absolute Gasteiger partial charge is 0.331 e. The van der Waals surface area contributed by atoms with Crippen LogP contribution in [0.4, 0.5) is 0 Å². The number of rotatable bonds is 19. The first-order valence-electron chi connectivity index (χ1n) is 10.9. The molecule has 0 aromatic carbocycles. The van der Waals surface area contributed by atoms with Gasteiger partial charge in [-0.25, -0.2) is 0 Å². The van der Waals surface area contributed by atoms with E-state index in [1.165, 1.54) is 96.3 Å². The summed E-state index contributed by atoms with van der Waals surface area (Å²) >= 11 is 0. The zero-order chi connectivity index (χ0) is 17.9. The maximum Gasteiger partial charge on any atom is 0.331 e. The van der Waals surface area contributed by atoms with Gasteiger partial charge in [-0.3, -0.25) is 0 Å². The molecule has 0 saturated heterocycles. The number of hydrogen-bond acceptors (Lipinski definition) is 2. The summed E-state index contributed by atoms with van der Waals surface area (Å²) in [6.45, 7) is 10.7. The van der Waals surface area contributed by atoms with Crippen molar-refractivity contribution in [2.75, 3.05) is 13.2 Å². The lowest BCUT2D eigenvalue weighted by Gasteiger charge is -2.23. The molecule has 0 radical (unpaired) electrons. The molecule has 0 atom stereocenters. The molecule has 0 aliphatic carbocycles. The first-order valence-corrected chi connectivity index (χ1v) is 13.7. The minimum absolute atomic E-state index is 0.892. The van der Waals surface area contributed by atoms with Crippen molar-refractivity contribution in [2.24, 2.45) is 0 Å². The number of hydrogen-bond donors (Lipinski definition) is 0.